The maximum Gasteiger partial charge on any atom is 0.199 e. The summed E-state index contributed by atoms with van der Waals surface area (Å²) in [7, 11) is 0. The smallest absolute Gasteiger partial charge is 0.199 e. The molecule has 20 heavy (non-hydrogen) atoms. The van der Waals surface area contributed by atoms with Crippen molar-refractivity contribution in [3.8, 4) is 5.75 Å². The number of aliphatic hydroxyl groups excluding tert-OH is 1. The highest BCUT2D eigenvalue weighted by Gasteiger charge is 2.25. The van der Waals surface area contributed by atoms with Gasteiger partial charge in [0.15, 0.2) is 6.29 Å². The fraction of sp³-hybridized carbons (Fsp3) is 0.647. The van der Waals surface area contributed by atoms with Gasteiger partial charge in [-0.15, -0.1) is 0 Å². The summed E-state index contributed by atoms with van der Waals surface area (Å²) in [5.74, 6) is 1.13. The van der Waals surface area contributed by atoms with Gasteiger partial charge in [0.2, 0.25) is 0 Å². The molecule has 3 heteroatoms. The molecule has 1 aliphatic carbocycles. The van der Waals surface area contributed by atoms with Crippen molar-refractivity contribution < 1.29 is 14.6 Å². The maximum atomic E-state index is 10.2. The Balaban J connectivity index is 1.68. The van der Waals surface area contributed by atoms with Crippen molar-refractivity contribution in [1.29, 1.82) is 0 Å². The van der Waals surface area contributed by atoms with E-state index in [1.54, 1.807) is 0 Å². The standard InChI is InChI=1S/C17H24O3/c18-16-9-2-1-8-15(16)13-6-5-7-14(12-13)20-17-10-3-4-11-19-17/h5-7,12,15-18H,1-4,8-11H2. The normalized spacial score (nSPS) is 30.9. The van der Waals surface area contributed by atoms with Crippen LogP contribution in [0.4, 0.5) is 0 Å². The molecule has 2 fully saturated rings. The molecule has 1 N–H and O–H groups in total. The molecule has 2 aliphatic rings. The van der Waals surface area contributed by atoms with E-state index in [9.17, 15) is 5.11 Å². The Kier molecular flexibility index (Phi) is 4.58. The van der Waals surface area contributed by atoms with E-state index in [4.69, 9.17) is 9.47 Å². The van der Waals surface area contributed by atoms with Crippen molar-refractivity contribution in [3.63, 3.8) is 0 Å². The summed E-state index contributed by atoms with van der Waals surface area (Å²) in [5.41, 5.74) is 1.20. The molecule has 1 aromatic carbocycles. The number of aliphatic hydroxyl groups is 1. The maximum absolute atomic E-state index is 10.2. The molecule has 1 aliphatic heterocycles. The minimum Gasteiger partial charge on any atom is -0.465 e. The van der Waals surface area contributed by atoms with Crippen LogP contribution in [0.1, 0.15) is 56.4 Å². The van der Waals surface area contributed by atoms with Gasteiger partial charge in [0.1, 0.15) is 5.75 Å². The number of hydrogen-bond donors (Lipinski definition) is 1. The third-order valence-corrected chi connectivity index (χ3v) is 4.42. The predicted octanol–water partition coefficient (Wildman–Crippen LogP) is 3.61. The van der Waals surface area contributed by atoms with E-state index < -0.39 is 0 Å². The van der Waals surface area contributed by atoms with Gasteiger partial charge in [-0.05, 0) is 43.4 Å². The van der Waals surface area contributed by atoms with Gasteiger partial charge in [-0.2, -0.15) is 0 Å². The summed E-state index contributed by atoms with van der Waals surface area (Å²) < 4.78 is 11.5. The van der Waals surface area contributed by atoms with Crippen molar-refractivity contribution in [2.24, 2.45) is 0 Å². The first kappa shape index (κ1) is 13.9. The van der Waals surface area contributed by atoms with Crippen molar-refractivity contribution in [2.45, 2.75) is 63.3 Å². The minimum absolute atomic E-state index is 0.102. The van der Waals surface area contributed by atoms with Crippen LogP contribution in [0.25, 0.3) is 0 Å². The van der Waals surface area contributed by atoms with Crippen LogP contribution in [0.3, 0.4) is 0 Å². The number of ether oxygens (including phenoxy) is 2. The molecule has 3 atom stereocenters. The minimum atomic E-state index is -0.204. The van der Waals surface area contributed by atoms with Crippen LogP contribution < -0.4 is 4.74 Å². The molecular weight excluding hydrogens is 252 g/mol. The quantitative estimate of drug-likeness (QED) is 0.916. The molecule has 1 saturated carbocycles. The fourth-order valence-electron chi connectivity index (χ4n) is 3.27. The van der Waals surface area contributed by atoms with Gasteiger partial charge in [0.25, 0.3) is 0 Å². The first-order chi connectivity index (χ1) is 9.83. The van der Waals surface area contributed by atoms with Crippen LogP contribution in [0.15, 0.2) is 24.3 Å². The molecule has 0 radical (unpaired) electrons. The third-order valence-electron chi connectivity index (χ3n) is 4.42. The van der Waals surface area contributed by atoms with Crippen LogP contribution in [0, 0.1) is 0 Å². The molecule has 0 aromatic heterocycles. The van der Waals surface area contributed by atoms with Gasteiger partial charge in [0, 0.05) is 12.3 Å². The SMILES string of the molecule is OC1CCCCC1c1cccc(OC2CCCCO2)c1. The van der Waals surface area contributed by atoms with E-state index in [0.29, 0.717) is 0 Å². The van der Waals surface area contributed by atoms with Gasteiger partial charge in [-0.25, -0.2) is 0 Å². The zero-order valence-electron chi connectivity index (χ0n) is 12.0. The van der Waals surface area contributed by atoms with E-state index in [2.05, 4.69) is 12.1 Å². The third kappa shape index (κ3) is 3.33. The molecule has 3 rings (SSSR count). The summed E-state index contributed by atoms with van der Waals surface area (Å²) in [6, 6.07) is 8.19. The number of rotatable bonds is 3. The lowest BCUT2D eigenvalue weighted by Gasteiger charge is -2.28. The van der Waals surface area contributed by atoms with Gasteiger partial charge in [0.05, 0.1) is 12.7 Å². The first-order valence-corrected chi connectivity index (χ1v) is 7.89. The molecule has 0 bridgehead atoms. The average molecular weight is 276 g/mol. The van der Waals surface area contributed by atoms with Crippen LogP contribution >= 0.6 is 0 Å². The average Bonchev–Trinajstić information content (AvgIpc) is 2.49. The van der Waals surface area contributed by atoms with Crippen molar-refractivity contribution in [2.75, 3.05) is 6.61 Å². The molecule has 3 unspecified atom stereocenters. The van der Waals surface area contributed by atoms with E-state index in [1.165, 1.54) is 18.4 Å². The zero-order valence-corrected chi connectivity index (χ0v) is 12.0. The molecule has 0 amide bonds. The van der Waals surface area contributed by atoms with E-state index in [1.807, 2.05) is 12.1 Å². The Hall–Kier alpha value is -1.06. The second-order valence-corrected chi connectivity index (χ2v) is 5.94. The second kappa shape index (κ2) is 6.59. The Morgan fingerprint density at radius 3 is 2.70 bits per heavy atom. The molecule has 110 valence electrons. The highest BCUT2D eigenvalue weighted by Crippen LogP contribution is 2.34. The highest BCUT2D eigenvalue weighted by molar-refractivity contribution is 5.32. The molecule has 1 aromatic rings. The van der Waals surface area contributed by atoms with Crippen LogP contribution in [0.5, 0.6) is 5.75 Å². The predicted molar refractivity (Wildman–Crippen MR) is 77.9 cm³/mol. The monoisotopic (exact) mass is 276 g/mol. The second-order valence-electron chi connectivity index (χ2n) is 5.94. The Morgan fingerprint density at radius 2 is 1.90 bits per heavy atom. The molecule has 1 heterocycles. The lowest BCUT2D eigenvalue weighted by Crippen LogP contribution is -2.25. The summed E-state index contributed by atoms with van der Waals surface area (Å²) >= 11 is 0. The van der Waals surface area contributed by atoms with Gasteiger partial charge >= 0.3 is 0 Å². The summed E-state index contributed by atoms with van der Waals surface area (Å²) in [6.07, 6.45) is 7.31. The fourth-order valence-corrected chi connectivity index (χ4v) is 3.27. The van der Waals surface area contributed by atoms with E-state index >= 15 is 0 Å². The molecule has 1 saturated heterocycles. The Bertz CT molecular complexity index is 426. The number of hydrogen-bond acceptors (Lipinski definition) is 3. The summed E-state index contributed by atoms with van der Waals surface area (Å²) in [4.78, 5) is 0. The van der Waals surface area contributed by atoms with Crippen molar-refractivity contribution in [3.05, 3.63) is 29.8 Å². The summed E-state index contributed by atoms with van der Waals surface area (Å²) in [6.45, 7) is 0.797. The molecular formula is C17H24O3. The first-order valence-electron chi connectivity index (χ1n) is 7.89. The molecule has 3 nitrogen and oxygen atoms in total. The van der Waals surface area contributed by atoms with Crippen LogP contribution in [0.2, 0.25) is 0 Å². The van der Waals surface area contributed by atoms with Crippen molar-refractivity contribution in [1.82, 2.24) is 0 Å². The van der Waals surface area contributed by atoms with Crippen LogP contribution in [-0.2, 0) is 4.74 Å². The van der Waals surface area contributed by atoms with Gasteiger partial charge in [-0.1, -0.05) is 25.0 Å². The van der Waals surface area contributed by atoms with Crippen LogP contribution in [-0.4, -0.2) is 24.1 Å². The highest BCUT2D eigenvalue weighted by atomic mass is 16.7. The summed E-state index contributed by atoms with van der Waals surface area (Å²) in [5, 5.41) is 10.2. The lowest BCUT2D eigenvalue weighted by atomic mass is 9.82. The molecule has 0 spiro atoms. The number of benzene rings is 1. The van der Waals surface area contributed by atoms with Gasteiger partial charge < -0.3 is 14.6 Å². The van der Waals surface area contributed by atoms with Gasteiger partial charge in [-0.3, -0.25) is 0 Å². The lowest BCUT2D eigenvalue weighted by molar-refractivity contribution is -0.105. The van der Waals surface area contributed by atoms with E-state index in [0.717, 1.165) is 44.5 Å². The zero-order chi connectivity index (χ0) is 13.8. The topological polar surface area (TPSA) is 38.7 Å². The van der Waals surface area contributed by atoms with Crippen molar-refractivity contribution >= 4 is 0 Å². The largest absolute Gasteiger partial charge is 0.465 e. The van der Waals surface area contributed by atoms with E-state index in [-0.39, 0.29) is 18.3 Å². The Labute approximate surface area is 120 Å². The Morgan fingerprint density at radius 1 is 1.05 bits per heavy atom.